The van der Waals surface area contributed by atoms with Crippen LogP contribution in [0.5, 0.6) is 0 Å². The quantitative estimate of drug-likeness (QED) is 0.449. The van der Waals surface area contributed by atoms with Crippen molar-refractivity contribution in [2.75, 3.05) is 5.32 Å². The third kappa shape index (κ3) is 4.25. The van der Waals surface area contributed by atoms with E-state index in [1.54, 1.807) is 25.4 Å². The fourth-order valence-corrected chi connectivity index (χ4v) is 4.10. The SMILES string of the molecule is CCn1c(SC(C(=O)Nc2cc(C)on2)c2ccccc2)nnc1-c1ccncc1. The molecule has 1 atom stereocenters. The third-order valence-corrected chi connectivity index (χ3v) is 5.65. The van der Waals surface area contributed by atoms with Crippen molar-refractivity contribution in [1.29, 1.82) is 0 Å². The number of carbonyl (C=O) groups excluding carboxylic acids is 1. The van der Waals surface area contributed by atoms with Crippen LogP contribution in [-0.2, 0) is 11.3 Å². The van der Waals surface area contributed by atoms with Gasteiger partial charge in [0.1, 0.15) is 11.0 Å². The predicted molar refractivity (Wildman–Crippen MR) is 114 cm³/mol. The van der Waals surface area contributed by atoms with Gasteiger partial charge in [0.25, 0.3) is 0 Å². The summed E-state index contributed by atoms with van der Waals surface area (Å²) in [5.41, 5.74) is 1.78. The maximum Gasteiger partial charge on any atom is 0.243 e. The largest absolute Gasteiger partial charge is 0.360 e. The fraction of sp³-hybridized carbons (Fsp3) is 0.190. The second-order valence-corrected chi connectivity index (χ2v) is 7.58. The monoisotopic (exact) mass is 420 g/mol. The molecule has 0 spiro atoms. The van der Waals surface area contributed by atoms with Crippen LogP contribution in [-0.4, -0.2) is 30.8 Å². The third-order valence-electron chi connectivity index (χ3n) is 4.41. The first kappa shape index (κ1) is 19.8. The van der Waals surface area contributed by atoms with E-state index in [4.69, 9.17) is 4.52 Å². The van der Waals surface area contributed by atoms with Gasteiger partial charge in [0, 0.05) is 30.6 Å². The molecule has 8 nitrogen and oxygen atoms in total. The van der Waals surface area contributed by atoms with Gasteiger partial charge in [-0.1, -0.05) is 47.3 Å². The summed E-state index contributed by atoms with van der Waals surface area (Å²) in [6, 6.07) is 15.0. The molecule has 0 fully saturated rings. The molecular weight excluding hydrogens is 400 g/mol. The Morgan fingerprint density at radius 3 is 2.60 bits per heavy atom. The first-order valence-electron chi connectivity index (χ1n) is 9.45. The van der Waals surface area contributed by atoms with E-state index in [0.29, 0.717) is 23.3 Å². The van der Waals surface area contributed by atoms with E-state index in [1.807, 2.05) is 54.0 Å². The van der Waals surface area contributed by atoms with Crippen molar-refractivity contribution in [2.24, 2.45) is 0 Å². The molecule has 9 heteroatoms. The second kappa shape index (κ2) is 8.91. The van der Waals surface area contributed by atoms with Crippen molar-refractivity contribution in [3.05, 3.63) is 72.2 Å². The molecule has 0 saturated carbocycles. The zero-order valence-corrected chi connectivity index (χ0v) is 17.3. The van der Waals surface area contributed by atoms with Crippen LogP contribution in [0.2, 0.25) is 0 Å². The number of anilines is 1. The Morgan fingerprint density at radius 1 is 1.17 bits per heavy atom. The number of carbonyl (C=O) groups is 1. The maximum absolute atomic E-state index is 13.1. The molecule has 3 aromatic heterocycles. The number of pyridine rings is 1. The number of aryl methyl sites for hydroxylation is 1. The van der Waals surface area contributed by atoms with Gasteiger partial charge in [-0.3, -0.25) is 9.78 Å². The van der Waals surface area contributed by atoms with E-state index >= 15 is 0 Å². The molecule has 0 saturated heterocycles. The molecule has 1 aromatic carbocycles. The zero-order valence-electron chi connectivity index (χ0n) is 16.5. The van der Waals surface area contributed by atoms with Gasteiger partial charge in [-0.05, 0) is 31.5 Å². The number of nitrogens with one attached hydrogen (secondary N) is 1. The molecule has 0 aliphatic rings. The average molecular weight is 420 g/mol. The molecule has 4 aromatic rings. The second-order valence-electron chi connectivity index (χ2n) is 6.51. The van der Waals surface area contributed by atoms with Gasteiger partial charge >= 0.3 is 0 Å². The number of thioether (sulfide) groups is 1. The van der Waals surface area contributed by atoms with E-state index in [2.05, 4.69) is 25.7 Å². The Balaban J connectivity index is 1.65. The minimum absolute atomic E-state index is 0.212. The van der Waals surface area contributed by atoms with Crippen LogP contribution in [0.3, 0.4) is 0 Å². The number of benzene rings is 1. The van der Waals surface area contributed by atoms with Crippen molar-refractivity contribution in [3.8, 4) is 11.4 Å². The first-order valence-corrected chi connectivity index (χ1v) is 10.3. The highest BCUT2D eigenvalue weighted by Crippen LogP contribution is 2.36. The molecule has 0 aliphatic carbocycles. The van der Waals surface area contributed by atoms with Gasteiger partial charge < -0.3 is 14.4 Å². The van der Waals surface area contributed by atoms with E-state index in [1.165, 1.54) is 11.8 Å². The highest BCUT2D eigenvalue weighted by atomic mass is 32.2. The van der Waals surface area contributed by atoms with Gasteiger partial charge in [-0.15, -0.1) is 10.2 Å². The number of hydrogen-bond acceptors (Lipinski definition) is 7. The number of amides is 1. The smallest absolute Gasteiger partial charge is 0.243 e. The normalized spacial score (nSPS) is 11.9. The van der Waals surface area contributed by atoms with Crippen LogP contribution < -0.4 is 5.32 Å². The summed E-state index contributed by atoms with van der Waals surface area (Å²) in [6.07, 6.45) is 3.44. The van der Waals surface area contributed by atoms with Crippen molar-refractivity contribution in [2.45, 2.75) is 30.8 Å². The van der Waals surface area contributed by atoms with Crippen LogP contribution in [0, 0.1) is 6.92 Å². The number of aromatic nitrogens is 5. The van der Waals surface area contributed by atoms with E-state index < -0.39 is 5.25 Å². The highest BCUT2D eigenvalue weighted by molar-refractivity contribution is 8.00. The summed E-state index contributed by atoms with van der Waals surface area (Å²) >= 11 is 1.35. The summed E-state index contributed by atoms with van der Waals surface area (Å²) in [6.45, 7) is 4.46. The van der Waals surface area contributed by atoms with Gasteiger partial charge in [-0.2, -0.15) is 0 Å². The Labute approximate surface area is 177 Å². The zero-order chi connectivity index (χ0) is 20.9. The fourth-order valence-electron chi connectivity index (χ4n) is 3.00. The van der Waals surface area contributed by atoms with Gasteiger partial charge in [0.2, 0.25) is 5.91 Å². The molecule has 0 radical (unpaired) electrons. The van der Waals surface area contributed by atoms with Crippen molar-refractivity contribution >= 4 is 23.5 Å². The first-order chi connectivity index (χ1) is 14.7. The van der Waals surface area contributed by atoms with Gasteiger partial charge in [0.15, 0.2) is 16.8 Å². The van der Waals surface area contributed by atoms with Crippen LogP contribution in [0.25, 0.3) is 11.4 Å². The van der Waals surface area contributed by atoms with Gasteiger partial charge in [0.05, 0.1) is 0 Å². The Kier molecular flexibility index (Phi) is 5.89. The molecule has 3 heterocycles. The highest BCUT2D eigenvalue weighted by Gasteiger charge is 2.26. The Morgan fingerprint density at radius 2 is 1.93 bits per heavy atom. The standard InChI is InChI=1S/C21H20N6O2S/c1-3-27-19(16-9-11-22-12-10-16)24-25-21(27)30-18(15-7-5-4-6-8-15)20(28)23-17-13-14(2)29-26-17/h4-13,18H,3H2,1-2H3,(H,23,26,28). The Hall–Kier alpha value is -3.46. The maximum atomic E-state index is 13.1. The lowest BCUT2D eigenvalue weighted by atomic mass is 10.1. The molecule has 0 bridgehead atoms. The summed E-state index contributed by atoms with van der Waals surface area (Å²) in [4.78, 5) is 17.2. The predicted octanol–water partition coefficient (Wildman–Crippen LogP) is 4.13. The average Bonchev–Trinajstić information content (AvgIpc) is 3.38. The molecule has 4 rings (SSSR count). The van der Waals surface area contributed by atoms with Crippen LogP contribution in [0.1, 0.15) is 23.5 Å². The lowest BCUT2D eigenvalue weighted by Gasteiger charge is -2.16. The lowest BCUT2D eigenvalue weighted by molar-refractivity contribution is -0.115. The molecule has 0 aliphatic heterocycles. The minimum atomic E-state index is -0.539. The number of hydrogen-bond donors (Lipinski definition) is 1. The van der Waals surface area contributed by atoms with Crippen LogP contribution in [0.15, 0.2) is 70.6 Å². The van der Waals surface area contributed by atoms with E-state index in [0.717, 1.165) is 17.0 Å². The molecular formula is C21H20N6O2S. The minimum Gasteiger partial charge on any atom is -0.360 e. The Bertz CT molecular complexity index is 1130. The molecule has 30 heavy (non-hydrogen) atoms. The topological polar surface area (TPSA) is 98.7 Å². The summed E-state index contributed by atoms with van der Waals surface area (Å²) < 4.78 is 7.04. The van der Waals surface area contributed by atoms with Gasteiger partial charge in [-0.25, -0.2) is 0 Å². The van der Waals surface area contributed by atoms with E-state index in [-0.39, 0.29) is 5.91 Å². The summed E-state index contributed by atoms with van der Waals surface area (Å²) in [5, 5.41) is 15.5. The number of nitrogens with zero attached hydrogens (tertiary/aromatic N) is 5. The lowest BCUT2D eigenvalue weighted by Crippen LogP contribution is -2.19. The molecule has 1 N–H and O–H groups in total. The van der Waals surface area contributed by atoms with Crippen molar-refractivity contribution in [1.82, 2.24) is 24.9 Å². The molecule has 152 valence electrons. The van der Waals surface area contributed by atoms with E-state index in [9.17, 15) is 4.79 Å². The van der Waals surface area contributed by atoms with Crippen LogP contribution >= 0.6 is 11.8 Å². The summed E-state index contributed by atoms with van der Waals surface area (Å²) in [7, 11) is 0. The van der Waals surface area contributed by atoms with Crippen molar-refractivity contribution < 1.29 is 9.32 Å². The summed E-state index contributed by atoms with van der Waals surface area (Å²) in [5.74, 6) is 1.53. The molecule has 1 amide bonds. The van der Waals surface area contributed by atoms with Crippen molar-refractivity contribution in [3.63, 3.8) is 0 Å². The molecule has 1 unspecified atom stereocenters. The van der Waals surface area contributed by atoms with Crippen LogP contribution in [0.4, 0.5) is 5.82 Å². The number of rotatable bonds is 7.